The smallest absolute Gasteiger partial charge is 0.264 e. The largest absolute Gasteiger partial charge is 0.497 e. The Morgan fingerprint density at radius 2 is 2.00 bits per heavy atom. The van der Waals surface area contributed by atoms with Crippen molar-refractivity contribution in [3.63, 3.8) is 0 Å². The van der Waals surface area contributed by atoms with E-state index in [0.717, 1.165) is 22.7 Å². The molecule has 2 aliphatic heterocycles. The predicted molar refractivity (Wildman–Crippen MR) is 159 cm³/mol. The fraction of sp³-hybridized carbons (Fsp3) is 0.433. The first kappa shape index (κ1) is 28.5. The summed E-state index contributed by atoms with van der Waals surface area (Å²) in [4.78, 5) is 16.1. The van der Waals surface area contributed by atoms with Gasteiger partial charge in [-0.25, -0.2) is 0 Å². The van der Waals surface area contributed by atoms with Gasteiger partial charge in [-0.3, -0.25) is 9.48 Å². The molecule has 1 amide bonds. The van der Waals surface area contributed by atoms with E-state index in [1.165, 1.54) is 5.19 Å². The van der Waals surface area contributed by atoms with E-state index in [0.29, 0.717) is 31.0 Å². The third-order valence-corrected chi connectivity index (χ3v) is 13.3. The molecule has 212 valence electrons. The predicted octanol–water partition coefficient (Wildman–Crippen LogP) is 4.31. The van der Waals surface area contributed by atoms with Crippen molar-refractivity contribution in [3.05, 3.63) is 77.6 Å². The van der Waals surface area contributed by atoms with Crippen LogP contribution in [0, 0.1) is 5.92 Å². The molecule has 0 unspecified atom stereocenters. The Bertz CT molecular complexity index is 1390. The number of halogens is 1. The van der Waals surface area contributed by atoms with Crippen molar-refractivity contribution in [1.29, 1.82) is 0 Å². The zero-order valence-electron chi connectivity index (χ0n) is 23.5. The van der Waals surface area contributed by atoms with Crippen molar-refractivity contribution < 1.29 is 19.4 Å². The molecule has 1 aromatic heterocycles. The van der Waals surface area contributed by atoms with E-state index in [9.17, 15) is 9.90 Å². The average Bonchev–Trinajstić information content (AvgIpc) is 3.58. The first-order valence-electron chi connectivity index (χ1n) is 13.7. The van der Waals surface area contributed by atoms with Gasteiger partial charge in [0.05, 0.1) is 32.7 Å². The summed E-state index contributed by atoms with van der Waals surface area (Å²) in [7, 11) is -0.565. The number of hydrogen-bond acceptors (Lipinski definition) is 6. The van der Waals surface area contributed by atoms with Crippen LogP contribution in [0.2, 0.25) is 23.7 Å². The topological polar surface area (TPSA) is 89.7 Å². The number of hydrogen-bond donors (Lipinski definition) is 1. The van der Waals surface area contributed by atoms with Crippen LogP contribution < -0.4 is 14.8 Å². The number of aromatic nitrogens is 3. The maximum Gasteiger partial charge on any atom is 0.264 e. The van der Waals surface area contributed by atoms with Crippen LogP contribution in [-0.2, 0) is 28.1 Å². The number of aliphatic hydroxyl groups excluding tert-OH is 1. The van der Waals surface area contributed by atoms with Crippen molar-refractivity contribution in [3.8, 4) is 5.75 Å². The molecule has 0 saturated carbocycles. The molecule has 1 N–H and O–H groups in total. The number of nitrogens with zero attached hydrogens (tertiary/aromatic N) is 4. The first-order valence-corrected chi connectivity index (χ1v) is 17.2. The van der Waals surface area contributed by atoms with Crippen molar-refractivity contribution in [2.24, 2.45) is 5.92 Å². The average molecular weight is 581 g/mol. The number of fused-ring (bicyclic) bond motifs is 2. The van der Waals surface area contributed by atoms with Crippen LogP contribution in [0.3, 0.4) is 0 Å². The maximum atomic E-state index is 14.3. The van der Waals surface area contributed by atoms with Crippen LogP contribution in [0.1, 0.15) is 24.6 Å². The molecular formula is C30H37ClN4O4Si. The van der Waals surface area contributed by atoms with Crippen LogP contribution >= 0.6 is 11.6 Å². The van der Waals surface area contributed by atoms with Gasteiger partial charge in [0, 0.05) is 48.8 Å². The molecule has 2 aliphatic rings. The van der Waals surface area contributed by atoms with Crippen LogP contribution in [0.5, 0.6) is 5.75 Å². The number of aryl methyl sites for hydroxylation is 1. The molecule has 1 spiro atoms. The van der Waals surface area contributed by atoms with Crippen molar-refractivity contribution in [2.45, 2.75) is 56.7 Å². The molecule has 0 radical (unpaired) electrons. The highest BCUT2D eigenvalue weighted by Gasteiger charge is 2.66. The summed E-state index contributed by atoms with van der Waals surface area (Å²) >= 11 is 6.52. The van der Waals surface area contributed by atoms with E-state index >= 15 is 0 Å². The van der Waals surface area contributed by atoms with Crippen LogP contribution in [-0.4, -0.2) is 60.4 Å². The molecule has 1 fully saturated rings. The second-order valence-corrected chi connectivity index (χ2v) is 16.4. The summed E-state index contributed by atoms with van der Waals surface area (Å²) in [6, 6.07) is 14.0. The monoisotopic (exact) mass is 580 g/mol. The lowest BCUT2D eigenvalue weighted by Crippen LogP contribution is -2.51. The van der Waals surface area contributed by atoms with Gasteiger partial charge in [-0.2, -0.15) is 0 Å². The Morgan fingerprint density at radius 3 is 2.67 bits per heavy atom. The number of aliphatic hydroxyl groups is 1. The molecule has 0 aliphatic carbocycles. The summed E-state index contributed by atoms with van der Waals surface area (Å²) in [5.41, 5.74) is 1.38. The number of benzene rings is 2. The molecule has 8 nitrogen and oxygen atoms in total. The lowest BCUT2D eigenvalue weighted by Gasteiger charge is -2.37. The van der Waals surface area contributed by atoms with E-state index in [2.05, 4.69) is 49.0 Å². The number of methoxy groups -OCH3 is 1. The van der Waals surface area contributed by atoms with E-state index < -0.39 is 13.7 Å². The van der Waals surface area contributed by atoms with Crippen molar-refractivity contribution in [2.75, 3.05) is 25.2 Å². The van der Waals surface area contributed by atoms with Gasteiger partial charge in [0.15, 0.2) is 5.60 Å². The first-order chi connectivity index (χ1) is 19.2. The number of rotatable bonds is 10. The maximum absolute atomic E-state index is 14.3. The zero-order valence-corrected chi connectivity index (χ0v) is 25.3. The van der Waals surface area contributed by atoms with Crippen LogP contribution in [0.4, 0.5) is 5.69 Å². The Kier molecular flexibility index (Phi) is 7.94. The molecule has 3 aromatic rings. The summed E-state index contributed by atoms with van der Waals surface area (Å²) in [6.07, 6.45) is 4.53. The summed E-state index contributed by atoms with van der Waals surface area (Å²) < 4.78 is 14.3. The Balaban J connectivity index is 1.57. The minimum atomic E-state index is -2.24. The highest BCUT2D eigenvalue weighted by atomic mass is 35.5. The lowest BCUT2D eigenvalue weighted by molar-refractivity contribution is -0.145. The highest BCUT2D eigenvalue weighted by Crippen LogP contribution is 2.60. The number of ether oxygens (including phenoxy) is 2. The zero-order chi connectivity index (χ0) is 28.7. The highest BCUT2D eigenvalue weighted by molar-refractivity contribution is 6.91. The second kappa shape index (κ2) is 11.1. The number of carbonyl (C=O) groups excluding carboxylic acids is 1. The molecule has 40 heavy (non-hydrogen) atoms. The van der Waals surface area contributed by atoms with Gasteiger partial charge < -0.3 is 19.5 Å². The summed E-state index contributed by atoms with van der Waals surface area (Å²) in [6.45, 7) is 11.8. The lowest BCUT2D eigenvalue weighted by atomic mass is 9.82. The molecule has 2 aromatic carbocycles. The Morgan fingerprint density at radius 1 is 1.25 bits per heavy atom. The standard InChI is InChI=1S/C30H37ClN4O4Si/c1-6-15-35-26-12-7-21(31)18-25(26)30(29(35)37)20(2)28(40(4,5)24-10-8-23(38-3)9-11-24)27(39-30)13-16-34-19-22(14-17-36)32-33-34/h6-12,18-20,27-28,36H,1,13-17H2,2-5H3/t20-,27+,28-,30+/m1/s1. The number of anilines is 1. The van der Waals surface area contributed by atoms with Gasteiger partial charge in [0.1, 0.15) is 5.75 Å². The Hall–Kier alpha value is -2.98. The quantitative estimate of drug-likeness (QED) is 0.284. The minimum Gasteiger partial charge on any atom is -0.497 e. The molecule has 0 bridgehead atoms. The van der Waals surface area contributed by atoms with E-state index in [-0.39, 0.29) is 30.1 Å². The van der Waals surface area contributed by atoms with Gasteiger partial charge in [0.25, 0.3) is 5.91 Å². The third kappa shape index (κ3) is 4.68. The van der Waals surface area contributed by atoms with E-state index in [1.807, 2.05) is 36.5 Å². The summed E-state index contributed by atoms with van der Waals surface area (Å²) in [5, 5.41) is 19.6. The normalized spacial score (nSPS) is 24.1. The van der Waals surface area contributed by atoms with E-state index in [1.54, 1.807) is 22.8 Å². The molecule has 10 heteroatoms. The molecule has 5 rings (SSSR count). The fourth-order valence-electron chi connectivity index (χ4n) is 6.80. The van der Waals surface area contributed by atoms with Gasteiger partial charge in [-0.05, 0) is 42.3 Å². The van der Waals surface area contributed by atoms with Crippen molar-refractivity contribution >= 4 is 36.5 Å². The van der Waals surface area contributed by atoms with Crippen LogP contribution in [0.15, 0.2) is 61.3 Å². The van der Waals surface area contributed by atoms with Crippen LogP contribution in [0.25, 0.3) is 0 Å². The SMILES string of the molecule is C=CCN1C(=O)[C@@]2(O[C@@H](CCn3cc(CCO)nn3)[C@H]([Si](C)(C)c3ccc(OC)cc3)[C@H]2C)c2cc(Cl)ccc21. The fourth-order valence-corrected chi connectivity index (χ4v) is 11.0. The summed E-state index contributed by atoms with van der Waals surface area (Å²) in [5.74, 6) is 0.647. The number of carbonyl (C=O) groups is 1. The molecule has 4 atom stereocenters. The van der Waals surface area contributed by atoms with E-state index in [4.69, 9.17) is 21.1 Å². The number of amides is 1. The Labute approximate surface area is 241 Å². The third-order valence-electron chi connectivity index (χ3n) is 8.71. The van der Waals surface area contributed by atoms with Crippen molar-refractivity contribution in [1.82, 2.24) is 15.0 Å². The molecule has 1 saturated heterocycles. The molecular weight excluding hydrogens is 544 g/mol. The second-order valence-electron chi connectivity index (χ2n) is 11.3. The van der Waals surface area contributed by atoms with Gasteiger partial charge >= 0.3 is 0 Å². The van der Waals surface area contributed by atoms with Gasteiger partial charge in [-0.15, -0.1) is 11.7 Å². The molecule has 3 heterocycles. The van der Waals surface area contributed by atoms with Gasteiger partial charge in [-0.1, -0.05) is 60.2 Å². The minimum absolute atomic E-state index is 0.0273. The van der Waals surface area contributed by atoms with Gasteiger partial charge in [0.2, 0.25) is 0 Å².